The highest BCUT2D eigenvalue weighted by Crippen LogP contribution is 2.34. The fraction of sp³-hybridized carbons (Fsp3) is 0.250. The quantitative estimate of drug-likeness (QED) is 0.523. The average molecular weight is 453 g/mol. The summed E-state index contributed by atoms with van der Waals surface area (Å²) in [5, 5.41) is 15.2. The van der Waals surface area contributed by atoms with E-state index in [1.54, 1.807) is 29.1 Å². The van der Waals surface area contributed by atoms with Crippen molar-refractivity contribution in [3.63, 3.8) is 0 Å². The molecule has 7 nitrogen and oxygen atoms in total. The van der Waals surface area contributed by atoms with E-state index in [2.05, 4.69) is 11.7 Å². The number of para-hydroxylation sites is 1. The van der Waals surface area contributed by atoms with Gasteiger partial charge in [-0.2, -0.15) is 5.10 Å². The lowest BCUT2D eigenvalue weighted by molar-refractivity contribution is 0.0121. The molecule has 8 heteroatoms. The smallest absolute Gasteiger partial charge is 0.252 e. The third-order valence-corrected chi connectivity index (χ3v) is 5.86. The predicted octanol–water partition coefficient (Wildman–Crippen LogP) is 4.24. The molecule has 32 heavy (non-hydrogen) atoms. The molecule has 2 atom stereocenters. The van der Waals surface area contributed by atoms with Gasteiger partial charge in [0.1, 0.15) is 23.4 Å². The largest absolute Gasteiger partial charge is 0.456 e. The number of primary amides is 1. The molecule has 1 aliphatic heterocycles. The van der Waals surface area contributed by atoms with Crippen molar-refractivity contribution in [2.75, 3.05) is 13.1 Å². The van der Waals surface area contributed by atoms with Gasteiger partial charge in [-0.05, 0) is 49.2 Å². The van der Waals surface area contributed by atoms with E-state index in [-0.39, 0.29) is 6.04 Å². The van der Waals surface area contributed by atoms with Gasteiger partial charge >= 0.3 is 0 Å². The standard InChI is InChI=1S/C24H25ClN4O3/c1-2-22(30)28-12-6-7-17(14-28)29-15-19(24(26)31)23(27-29)16-10-11-21(20(25)13-16)32-18-8-4-3-5-9-18/h2-5,8-11,13,15,17,22,30H,1,6-7,12,14H2,(H2,26,31)/t17-,22?/m1/s1. The Hall–Kier alpha value is -3.13. The molecule has 0 bridgehead atoms. The highest BCUT2D eigenvalue weighted by Gasteiger charge is 2.27. The Morgan fingerprint density at radius 3 is 2.78 bits per heavy atom. The number of halogens is 1. The number of nitrogens with zero attached hydrogens (tertiary/aromatic N) is 3. The molecule has 0 saturated carbocycles. The van der Waals surface area contributed by atoms with Crippen molar-refractivity contribution >= 4 is 17.5 Å². The van der Waals surface area contributed by atoms with E-state index < -0.39 is 12.1 Å². The van der Waals surface area contributed by atoms with Gasteiger partial charge in [-0.1, -0.05) is 36.4 Å². The molecule has 3 N–H and O–H groups in total. The van der Waals surface area contributed by atoms with Gasteiger partial charge < -0.3 is 15.6 Å². The van der Waals surface area contributed by atoms with Crippen molar-refractivity contribution in [3.8, 4) is 22.8 Å². The van der Waals surface area contributed by atoms with Gasteiger partial charge in [0.25, 0.3) is 5.91 Å². The zero-order chi connectivity index (χ0) is 22.7. The summed E-state index contributed by atoms with van der Waals surface area (Å²) in [6.07, 6.45) is 4.25. The molecule has 4 rings (SSSR count). The van der Waals surface area contributed by atoms with E-state index >= 15 is 0 Å². The van der Waals surface area contributed by atoms with Gasteiger partial charge in [0, 0.05) is 24.8 Å². The molecule has 1 saturated heterocycles. The first-order valence-corrected chi connectivity index (χ1v) is 10.8. The SMILES string of the molecule is C=CC(O)N1CCC[C@@H](n2cc(C(N)=O)c(-c3ccc(Oc4ccccc4)c(Cl)c3)n2)C1. The Morgan fingerprint density at radius 2 is 2.09 bits per heavy atom. The van der Waals surface area contributed by atoms with Crippen LogP contribution >= 0.6 is 11.6 Å². The van der Waals surface area contributed by atoms with Gasteiger partial charge in [-0.25, -0.2) is 0 Å². The summed E-state index contributed by atoms with van der Waals surface area (Å²) < 4.78 is 7.60. The van der Waals surface area contributed by atoms with Gasteiger partial charge in [0.05, 0.1) is 16.6 Å². The second kappa shape index (κ2) is 9.56. The van der Waals surface area contributed by atoms with E-state index in [1.165, 1.54) is 6.08 Å². The van der Waals surface area contributed by atoms with Gasteiger partial charge in [0.2, 0.25) is 0 Å². The van der Waals surface area contributed by atoms with Gasteiger partial charge in [0.15, 0.2) is 0 Å². The Balaban J connectivity index is 1.62. The van der Waals surface area contributed by atoms with Crippen LogP contribution in [-0.4, -0.2) is 45.0 Å². The number of nitrogens with two attached hydrogens (primary N) is 1. The van der Waals surface area contributed by atoms with Crippen LogP contribution < -0.4 is 10.5 Å². The molecule has 1 aliphatic rings. The summed E-state index contributed by atoms with van der Waals surface area (Å²) in [6, 6.07) is 14.6. The van der Waals surface area contributed by atoms with Crippen LogP contribution in [0.4, 0.5) is 0 Å². The fourth-order valence-electron chi connectivity index (χ4n) is 3.91. The molecule has 2 heterocycles. The van der Waals surface area contributed by atoms with Crippen molar-refractivity contribution in [1.29, 1.82) is 0 Å². The van der Waals surface area contributed by atoms with Gasteiger partial charge in [-0.3, -0.25) is 14.4 Å². The van der Waals surface area contributed by atoms with Gasteiger partial charge in [-0.15, -0.1) is 0 Å². The molecule has 1 amide bonds. The molecule has 0 aliphatic carbocycles. The van der Waals surface area contributed by atoms with Crippen molar-refractivity contribution in [2.45, 2.75) is 25.1 Å². The lowest BCUT2D eigenvalue weighted by Gasteiger charge is -2.34. The van der Waals surface area contributed by atoms with Crippen molar-refractivity contribution < 1.29 is 14.6 Å². The molecular weight excluding hydrogens is 428 g/mol. The number of carbonyl (C=O) groups excluding carboxylic acids is 1. The maximum atomic E-state index is 12.2. The maximum Gasteiger partial charge on any atom is 0.252 e. The number of aromatic nitrogens is 2. The number of amides is 1. The Bertz CT molecular complexity index is 1120. The van der Waals surface area contributed by atoms with E-state index in [0.29, 0.717) is 39.9 Å². The van der Waals surface area contributed by atoms with Crippen LogP contribution in [0, 0.1) is 0 Å². The first-order chi connectivity index (χ1) is 15.5. The molecule has 3 aromatic rings. The first-order valence-electron chi connectivity index (χ1n) is 10.4. The molecule has 2 aromatic carbocycles. The normalized spacial score (nSPS) is 17.6. The predicted molar refractivity (Wildman–Crippen MR) is 124 cm³/mol. The third kappa shape index (κ3) is 4.70. The maximum absolute atomic E-state index is 12.2. The molecule has 0 spiro atoms. The number of likely N-dealkylation sites (tertiary alicyclic amines) is 1. The Morgan fingerprint density at radius 1 is 1.31 bits per heavy atom. The second-order valence-corrected chi connectivity index (χ2v) is 8.14. The van der Waals surface area contributed by atoms with Crippen LogP contribution in [0.1, 0.15) is 29.2 Å². The van der Waals surface area contributed by atoms with E-state index in [4.69, 9.17) is 22.1 Å². The second-order valence-electron chi connectivity index (χ2n) is 7.74. The number of aliphatic hydroxyl groups is 1. The first kappa shape index (κ1) is 22.1. The van der Waals surface area contributed by atoms with Crippen LogP contribution in [0.25, 0.3) is 11.3 Å². The summed E-state index contributed by atoms with van der Waals surface area (Å²) in [6.45, 7) is 5.03. The summed E-state index contributed by atoms with van der Waals surface area (Å²) in [5.41, 5.74) is 7.10. The average Bonchev–Trinajstić information content (AvgIpc) is 3.27. The number of hydrogen-bond acceptors (Lipinski definition) is 5. The van der Waals surface area contributed by atoms with Crippen molar-refractivity contribution in [3.05, 3.63) is 78.0 Å². The number of piperidine rings is 1. The molecule has 166 valence electrons. The van der Waals surface area contributed by atoms with E-state index in [0.717, 1.165) is 19.4 Å². The summed E-state index contributed by atoms with van der Waals surface area (Å²) in [4.78, 5) is 14.1. The number of ether oxygens (including phenoxy) is 1. The van der Waals surface area contributed by atoms with Crippen LogP contribution in [0.5, 0.6) is 11.5 Å². The lowest BCUT2D eigenvalue weighted by atomic mass is 10.1. The Labute approximate surface area is 191 Å². The third-order valence-electron chi connectivity index (χ3n) is 5.56. The number of rotatable bonds is 7. The van der Waals surface area contributed by atoms with Crippen LogP contribution in [0.2, 0.25) is 5.02 Å². The van der Waals surface area contributed by atoms with Crippen molar-refractivity contribution in [2.24, 2.45) is 5.73 Å². The monoisotopic (exact) mass is 452 g/mol. The highest BCUT2D eigenvalue weighted by atomic mass is 35.5. The number of carbonyl (C=O) groups is 1. The van der Waals surface area contributed by atoms with Crippen LogP contribution in [0.15, 0.2) is 67.4 Å². The minimum atomic E-state index is -0.709. The number of aliphatic hydroxyl groups excluding tert-OH is 1. The van der Waals surface area contributed by atoms with E-state index in [9.17, 15) is 9.90 Å². The van der Waals surface area contributed by atoms with Crippen molar-refractivity contribution in [1.82, 2.24) is 14.7 Å². The fourth-order valence-corrected chi connectivity index (χ4v) is 4.13. The summed E-state index contributed by atoms with van der Waals surface area (Å²) in [7, 11) is 0. The number of hydrogen-bond donors (Lipinski definition) is 2. The van der Waals surface area contributed by atoms with Crippen LogP contribution in [0.3, 0.4) is 0 Å². The molecule has 1 fully saturated rings. The molecule has 1 unspecified atom stereocenters. The molecule has 1 aromatic heterocycles. The minimum absolute atomic E-state index is 0.00126. The zero-order valence-corrected chi connectivity index (χ0v) is 18.3. The molecule has 0 radical (unpaired) electrons. The topological polar surface area (TPSA) is 93.6 Å². The molecular formula is C24H25ClN4O3. The summed E-state index contributed by atoms with van der Waals surface area (Å²) in [5.74, 6) is 0.613. The van der Waals surface area contributed by atoms with E-state index in [1.807, 2.05) is 35.2 Å². The Kier molecular flexibility index (Phi) is 6.60. The highest BCUT2D eigenvalue weighted by molar-refractivity contribution is 6.32. The summed E-state index contributed by atoms with van der Waals surface area (Å²) >= 11 is 6.47. The lowest BCUT2D eigenvalue weighted by Crippen LogP contribution is -2.42. The number of benzene rings is 2. The van der Waals surface area contributed by atoms with Crippen LogP contribution in [-0.2, 0) is 0 Å². The minimum Gasteiger partial charge on any atom is -0.456 e. The zero-order valence-electron chi connectivity index (χ0n) is 17.5.